The monoisotopic (exact) mass is 280 g/mol. The molecule has 0 aromatic heterocycles. The molecule has 1 aromatic rings. The average molecular weight is 280 g/mol. The van der Waals surface area contributed by atoms with Gasteiger partial charge in [0.15, 0.2) is 0 Å². The molecule has 0 radical (unpaired) electrons. The van der Waals surface area contributed by atoms with E-state index in [0.29, 0.717) is 13.0 Å². The van der Waals surface area contributed by atoms with Gasteiger partial charge in [-0.05, 0) is 37.9 Å². The van der Waals surface area contributed by atoms with Gasteiger partial charge in [-0.3, -0.25) is 4.79 Å². The molecule has 0 aliphatic heterocycles. The fraction of sp³-hybridized carbons (Fsp3) is 0.533. The van der Waals surface area contributed by atoms with Crippen molar-refractivity contribution >= 4 is 5.91 Å². The van der Waals surface area contributed by atoms with Gasteiger partial charge in [0, 0.05) is 13.0 Å². The molecule has 0 bridgehead atoms. The van der Waals surface area contributed by atoms with Gasteiger partial charge < -0.3 is 20.9 Å². The number of hydrogen-bond acceptors (Lipinski definition) is 4. The van der Waals surface area contributed by atoms with Gasteiger partial charge in [-0.25, -0.2) is 0 Å². The number of unbranched alkanes of at least 4 members (excludes halogenated alkanes) is 1. The Balaban J connectivity index is 2.07. The van der Waals surface area contributed by atoms with E-state index in [9.17, 15) is 9.90 Å². The molecule has 0 heterocycles. The van der Waals surface area contributed by atoms with Crippen molar-refractivity contribution in [1.29, 1.82) is 0 Å². The van der Waals surface area contributed by atoms with Crippen LogP contribution in [0.25, 0.3) is 0 Å². The number of amides is 1. The fourth-order valence-electron chi connectivity index (χ4n) is 1.78. The van der Waals surface area contributed by atoms with E-state index in [0.717, 1.165) is 30.7 Å². The Kier molecular flexibility index (Phi) is 7.69. The predicted octanol–water partition coefficient (Wildman–Crippen LogP) is 0.980. The largest absolute Gasteiger partial charge is 0.491 e. The summed E-state index contributed by atoms with van der Waals surface area (Å²) < 4.78 is 5.56. The summed E-state index contributed by atoms with van der Waals surface area (Å²) in [6, 6.07) is 7.72. The zero-order valence-corrected chi connectivity index (χ0v) is 12.0. The van der Waals surface area contributed by atoms with Crippen LogP contribution in [0, 0.1) is 6.92 Å². The number of benzene rings is 1. The Morgan fingerprint density at radius 3 is 2.85 bits per heavy atom. The number of ether oxygens (including phenoxy) is 1. The minimum absolute atomic E-state index is 0.263. The highest BCUT2D eigenvalue weighted by atomic mass is 16.5. The lowest BCUT2D eigenvalue weighted by molar-refractivity contribution is -0.118. The lowest BCUT2D eigenvalue weighted by Crippen LogP contribution is -2.32. The van der Waals surface area contributed by atoms with Crippen LogP contribution in [0.3, 0.4) is 0 Å². The number of primary amides is 1. The van der Waals surface area contributed by atoms with Crippen molar-refractivity contribution in [2.24, 2.45) is 5.73 Å². The lowest BCUT2D eigenvalue weighted by Gasteiger charge is -2.14. The minimum Gasteiger partial charge on any atom is -0.491 e. The number of hydrogen-bond donors (Lipinski definition) is 3. The number of carbonyl (C=O) groups is 1. The predicted molar refractivity (Wildman–Crippen MR) is 78.6 cm³/mol. The Hall–Kier alpha value is -1.59. The van der Waals surface area contributed by atoms with Gasteiger partial charge in [-0.15, -0.1) is 0 Å². The first-order chi connectivity index (χ1) is 9.59. The molecule has 1 amide bonds. The second-order valence-corrected chi connectivity index (χ2v) is 4.86. The summed E-state index contributed by atoms with van der Waals surface area (Å²) in [5.74, 6) is 0.532. The van der Waals surface area contributed by atoms with Gasteiger partial charge in [0.2, 0.25) is 5.91 Å². The van der Waals surface area contributed by atoms with E-state index in [2.05, 4.69) is 5.32 Å². The van der Waals surface area contributed by atoms with Crippen molar-refractivity contribution in [3.8, 4) is 5.75 Å². The summed E-state index contributed by atoms with van der Waals surface area (Å²) in [5.41, 5.74) is 6.10. The first kappa shape index (κ1) is 16.5. The SMILES string of the molecule is Cc1ccccc1OCC(O)CNCCCCC(N)=O. The molecule has 0 saturated heterocycles. The molecule has 1 atom stereocenters. The molecule has 112 valence electrons. The lowest BCUT2D eigenvalue weighted by atomic mass is 10.2. The summed E-state index contributed by atoms with van der Waals surface area (Å²) in [6.45, 7) is 3.47. The summed E-state index contributed by atoms with van der Waals surface area (Å²) in [6.07, 6.45) is 1.51. The second kappa shape index (κ2) is 9.34. The molecule has 0 aliphatic rings. The molecule has 20 heavy (non-hydrogen) atoms. The van der Waals surface area contributed by atoms with Crippen LogP contribution >= 0.6 is 0 Å². The summed E-state index contributed by atoms with van der Waals surface area (Å²) in [7, 11) is 0. The van der Waals surface area contributed by atoms with E-state index in [1.807, 2.05) is 31.2 Å². The number of nitrogens with one attached hydrogen (secondary N) is 1. The molecule has 5 nitrogen and oxygen atoms in total. The molecule has 5 heteroatoms. The third-order valence-electron chi connectivity index (χ3n) is 2.93. The highest BCUT2D eigenvalue weighted by Crippen LogP contribution is 2.16. The molecule has 4 N–H and O–H groups in total. The standard InChI is InChI=1S/C15H24N2O3/c1-12-6-2-3-7-14(12)20-11-13(18)10-17-9-5-4-8-15(16)19/h2-3,6-7,13,17-18H,4-5,8-11H2,1H3,(H2,16,19). The normalized spacial score (nSPS) is 12.1. The molecule has 1 unspecified atom stereocenters. The third kappa shape index (κ3) is 7.11. The van der Waals surface area contributed by atoms with Crippen molar-refractivity contribution in [2.75, 3.05) is 19.7 Å². The van der Waals surface area contributed by atoms with Gasteiger partial charge in [0.25, 0.3) is 0 Å². The van der Waals surface area contributed by atoms with Crippen LogP contribution in [-0.4, -0.2) is 36.8 Å². The molecular formula is C15H24N2O3. The van der Waals surface area contributed by atoms with Crippen LogP contribution in [0.2, 0.25) is 0 Å². The number of carbonyl (C=O) groups excluding carboxylic acids is 1. The summed E-state index contributed by atoms with van der Waals surface area (Å²) >= 11 is 0. The maximum absolute atomic E-state index is 10.5. The van der Waals surface area contributed by atoms with Gasteiger partial charge in [-0.2, -0.15) is 0 Å². The van der Waals surface area contributed by atoms with Crippen LogP contribution in [0.1, 0.15) is 24.8 Å². The van der Waals surface area contributed by atoms with Gasteiger partial charge >= 0.3 is 0 Å². The zero-order chi connectivity index (χ0) is 14.8. The Morgan fingerprint density at radius 1 is 1.40 bits per heavy atom. The molecule has 0 saturated carbocycles. The first-order valence-corrected chi connectivity index (χ1v) is 6.95. The number of aryl methyl sites for hydroxylation is 1. The number of para-hydroxylation sites is 1. The van der Waals surface area contributed by atoms with Crippen LogP contribution in [0.15, 0.2) is 24.3 Å². The molecule has 1 aromatic carbocycles. The summed E-state index contributed by atoms with van der Waals surface area (Å²) in [5, 5.41) is 12.9. The Morgan fingerprint density at radius 2 is 2.15 bits per heavy atom. The quantitative estimate of drug-likeness (QED) is 0.558. The van der Waals surface area contributed by atoms with Crippen molar-refractivity contribution in [1.82, 2.24) is 5.32 Å². The summed E-state index contributed by atoms with van der Waals surface area (Å²) in [4.78, 5) is 10.5. The fourth-order valence-corrected chi connectivity index (χ4v) is 1.78. The molecule has 0 spiro atoms. The highest BCUT2D eigenvalue weighted by Gasteiger charge is 2.06. The molecule has 0 aliphatic carbocycles. The van der Waals surface area contributed by atoms with Crippen molar-refractivity contribution in [2.45, 2.75) is 32.3 Å². The van der Waals surface area contributed by atoms with E-state index >= 15 is 0 Å². The Bertz CT molecular complexity index is 410. The van der Waals surface area contributed by atoms with E-state index in [4.69, 9.17) is 10.5 Å². The molecule has 1 rings (SSSR count). The smallest absolute Gasteiger partial charge is 0.217 e. The van der Waals surface area contributed by atoms with Crippen molar-refractivity contribution in [3.05, 3.63) is 29.8 Å². The number of rotatable bonds is 10. The van der Waals surface area contributed by atoms with Gasteiger partial charge in [-0.1, -0.05) is 18.2 Å². The third-order valence-corrected chi connectivity index (χ3v) is 2.93. The van der Waals surface area contributed by atoms with E-state index < -0.39 is 6.10 Å². The van der Waals surface area contributed by atoms with E-state index in [-0.39, 0.29) is 12.5 Å². The topological polar surface area (TPSA) is 84.6 Å². The van der Waals surface area contributed by atoms with Crippen LogP contribution in [0.5, 0.6) is 5.75 Å². The average Bonchev–Trinajstić information content (AvgIpc) is 2.41. The molecule has 0 fully saturated rings. The second-order valence-electron chi connectivity index (χ2n) is 4.86. The molecular weight excluding hydrogens is 256 g/mol. The maximum atomic E-state index is 10.5. The zero-order valence-electron chi connectivity index (χ0n) is 12.0. The van der Waals surface area contributed by atoms with Crippen molar-refractivity contribution in [3.63, 3.8) is 0 Å². The van der Waals surface area contributed by atoms with Crippen molar-refractivity contribution < 1.29 is 14.6 Å². The van der Waals surface area contributed by atoms with Crippen LogP contribution in [0.4, 0.5) is 0 Å². The highest BCUT2D eigenvalue weighted by molar-refractivity contribution is 5.73. The van der Waals surface area contributed by atoms with E-state index in [1.165, 1.54) is 0 Å². The Labute approximate surface area is 120 Å². The maximum Gasteiger partial charge on any atom is 0.217 e. The van der Waals surface area contributed by atoms with Gasteiger partial charge in [0.1, 0.15) is 18.5 Å². The van der Waals surface area contributed by atoms with Crippen LogP contribution < -0.4 is 15.8 Å². The van der Waals surface area contributed by atoms with E-state index in [1.54, 1.807) is 0 Å². The van der Waals surface area contributed by atoms with Crippen LogP contribution in [-0.2, 0) is 4.79 Å². The number of aliphatic hydroxyl groups is 1. The number of aliphatic hydroxyl groups excluding tert-OH is 1. The number of nitrogens with two attached hydrogens (primary N) is 1. The first-order valence-electron chi connectivity index (χ1n) is 6.95. The van der Waals surface area contributed by atoms with Gasteiger partial charge in [0.05, 0.1) is 0 Å². The minimum atomic E-state index is -0.550.